The van der Waals surface area contributed by atoms with Crippen molar-refractivity contribution in [3.63, 3.8) is 0 Å². The van der Waals surface area contributed by atoms with E-state index in [-0.39, 0.29) is 12.7 Å². The van der Waals surface area contributed by atoms with Crippen molar-refractivity contribution in [3.05, 3.63) is 29.7 Å². The lowest BCUT2D eigenvalue weighted by Gasteiger charge is -2.33. The van der Waals surface area contributed by atoms with Gasteiger partial charge >= 0.3 is 6.09 Å². The van der Waals surface area contributed by atoms with Crippen LogP contribution in [-0.4, -0.2) is 44.3 Å². The number of aliphatic hydroxyl groups is 1. The molecule has 28 heavy (non-hydrogen) atoms. The number of hydrogen-bond acceptors (Lipinski definition) is 4. The van der Waals surface area contributed by atoms with E-state index in [1.54, 1.807) is 0 Å². The molecule has 1 N–H and O–H groups in total. The maximum absolute atomic E-state index is 12.3. The highest BCUT2D eigenvalue weighted by molar-refractivity contribution is 5.83. The van der Waals surface area contributed by atoms with Crippen LogP contribution in [0, 0.1) is 5.92 Å². The zero-order valence-corrected chi connectivity index (χ0v) is 17.1. The molecule has 0 bridgehead atoms. The van der Waals surface area contributed by atoms with E-state index >= 15 is 0 Å². The van der Waals surface area contributed by atoms with E-state index < -0.39 is 5.60 Å². The van der Waals surface area contributed by atoms with Crippen LogP contribution < -0.4 is 0 Å². The first-order valence-corrected chi connectivity index (χ1v) is 10.4. The van der Waals surface area contributed by atoms with E-state index in [1.807, 2.05) is 37.9 Å². The zero-order valence-electron chi connectivity index (χ0n) is 17.1. The lowest BCUT2D eigenvalue weighted by atomic mass is 9.92. The van der Waals surface area contributed by atoms with Gasteiger partial charge in [0.2, 0.25) is 0 Å². The minimum atomic E-state index is -0.467. The summed E-state index contributed by atoms with van der Waals surface area (Å²) in [7, 11) is 0. The van der Waals surface area contributed by atoms with Crippen molar-refractivity contribution in [3.8, 4) is 0 Å². The Kier molecular flexibility index (Phi) is 5.08. The molecule has 1 saturated carbocycles. The number of amides is 1. The number of hydrogen-bond donors (Lipinski definition) is 1. The van der Waals surface area contributed by atoms with Crippen molar-refractivity contribution in [2.24, 2.45) is 5.92 Å². The molecule has 1 aliphatic heterocycles. The summed E-state index contributed by atoms with van der Waals surface area (Å²) in [4.78, 5) is 18.9. The number of aliphatic hydroxyl groups excluding tert-OH is 1. The second kappa shape index (κ2) is 7.39. The molecule has 6 nitrogen and oxygen atoms in total. The van der Waals surface area contributed by atoms with Gasteiger partial charge in [-0.05, 0) is 64.5 Å². The molecule has 0 spiro atoms. The van der Waals surface area contributed by atoms with E-state index in [0.717, 1.165) is 42.1 Å². The summed E-state index contributed by atoms with van der Waals surface area (Å²) in [6.07, 6.45) is 5.96. The van der Waals surface area contributed by atoms with Crippen LogP contribution in [0.15, 0.2) is 18.3 Å². The fourth-order valence-corrected chi connectivity index (χ4v) is 4.16. The molecule has 1 aliphatic carbocycles. The lowest BCUT2D eigenvalue weighted by molar-refractivity contribution is 0.0204. The molecule has 2 fully saturated rings. The van der Waals surface area contributed by atoms with E-state index in [4.69, 9.17) is 9.72 Å². The van der Waals surface area contributed by atoms with Crippen molar-refractivity contribution in [1.82, 2.24) is 14.5 Å². The predicted molar refractivity (Wildman–Crippen MR) is 108 cm³/mol. The lowest BCUT2D eigenvalue weighted by Crippen LogP contribution is -2.41. The molecule has 3 heterocycles. The van der Waals surface area contributed by atoms with Crippen LogP contribution in [0.4, 0.5) is 4.79 Å². The first-order chi connectivity index (χ1) is 13.4. The molecule has 0 atom stereocenters. The standard InChI is InChI=1S/C22H31N3O3/c1-22(2,3)28-21(27)24-10-7-16(8-11-24)19-20-17(6-9-23-19)12-18(14-26)25(20)13-15-4-5-15/h6,9,12,15-16,26H,4-5,7-8,10-11,13-14H2,1-3H3. The van der Waals surface area contributed by atoms with Crippen molar-refractivity contribution in [2.75, 3.05) is 13.1 Å². The highest BCUT2D eigenvalue weighted by Crippen LogP contribution is 2.37. The Balaban J connectivity index is 1.55. The molecular weight excluding hydrogens is 354 g/mol. The van der Waals surface area contributed by atoms with E-state index in [0.29, 0.717) is 19.0 Å². The summed E-state index contributed by atoms with van der Waals surface area (Å²) in [5.74, 6) is 1.05. The van der Waals surface area contributed by atoms with Crippen LogP contribution >= 0.6 is 0 Å². The maximum Gasteiger partial charge on any atom is 0.410 e. The fraction of sp³-hybridized carbons (Fsp3) is 0.636. The summed E-state index contributed by atoms with van der Waals surface area (Å²) in [5, 5.41) is 11.0. The highest BCUT2D eigenvalue weighted by atomic mass is 16.6. The molecule has 1 amide bonds. The number of rotatable bonds is 4. The van der Waals surface area contributed by atoms with Crippen molar-refractivity contribution >= 4 is 17.0 Å². The average Bonchev–Trinajstić information content (AvgIpc) is 3.40. The van der Waals surface area contributed by atoms with Gasteiger partial charge in [-0.1, -0.05) is 0 Å². The van der Waals surface area contributed by atoms with Crippen LogP contribution in [0.25, 0.3) is 10.9 Å². The number of pyridine rings is 1. The van der Waals surface area contributed by atoms with Gasteiger partial charge in [-0.15, -0.1) is 0 Å². The normalized spacial score (nSPS) is 18.6. The number of piperidine rings is 1. The third-order valence-corrected chi connectivity index (χ3v) is 5.76. The van der Waals surface area contributed by atoms with Gasteiger partial charge in [-0.2, -0.15) is 0 Å². The number of likely N-dealkylation sites (tertiary alicyclic amines) is 1. The van der Waals surface area contributed by atoms with Crippen LogP contribution in [0.2, 0.25) is 0 Å². The Hall–Kier alpha value is -2.08. The summed E-state index contributed by atoms with van der Waals surface area (Å²) < 4.78 is 7.80. The molecule has 2 aromatic rings. The topological polar surface area (TPSA) is 67.6 Å². The van der Waals surface area contributed by atoms with Gasteiger partial charge in [0, 0.05) is 42.8 Å². The SMILES string of the molecule is CC(C)(C)OC(=O)N1CCC(c2nccc3cc(CO)n(CC4CC4)c23)CC1. The quantitative estimate of drug-likeness (QED) is 0.862. The van der Waals surface area contributed by atoms with Gasteiger partial charge in [-0.25, -0.2) is 4.79 Å². The monoisotopic (exact) mass is 385 g/mol. The number of aromatic nitrogens is 2. The van der Waals surface area contributed by atoms with Crippen molar-refractivity contribution < 1.29 is 14.6 Å². The Morgan fingerprint density at radius 3 is 2.57 bits per heavy atom. The average molecular weight is 386 g/mol. The Morgan fingerprint density at radius 1 is 1.25 bits per heavy atom. The number of fused-ring (bicyclic) bond motifs is 1. The first-order valence-electron chi connectivity index (χ1n) is 10.4. The van der Waals surface area contributed by atoms with Gasteiger partial charge < -0.3 is 19.3 Å². The summed E-state index contributed by atoms with van der Waals surface area (Å²) in [6, 6.07) is 4.13. The van der Waals surface area contributed by atoms with E-state index in [1.165, 1.54) is 18.4 Å². The van der Waals surface area contributed by atoms with Crippen LogP contribution in [0.5, 0.6) is 0 Å². The molecule has 152 valence electrons. The highest BCUT2D eigenvalue weighted by Gasteiger charge is 2.30. The minimum absolute atomic E-state index is 0.0535. The maximum atomic E-state index is 12.3. The number of carbonyl (C=O) groups is 1. The summed E-state index contributed by atoms with van der Waals surface area (Å²) in [5.41, 5.74) is 2.80. The van der Waals surface area contributed by atoms with Gasteiger partial charge in [0.15, 0.2) is 0 Å². The van der Waals surface area contributed by atoms with E-state index in [2.05, 4.69) is 10.6 Å². The Morgan fingerprint density at radius 2 is 1.96 bits per heavy atom. The number of carbonyl (C=O) groups excluding carboxylic acids is 1. The van der Waals surface area contributed by atoms with Gasteiger partial charge in [-0.3, -0.25) is 4.98 Å². The molecular formula is C22H31N3O3. The van der Waals surface area contributed by atoms with Crippen LogP contribution in [0.3, 0.4) is 0 Å². The predicted octanol–water partition coefficient (Wildman–Crippen LogP) is 4.05. The van der Waals surface area contributed by atoms with Gasteiger partial charge in [0.25, 0.3) is 0 Å². The molecule has 1 saturated heterocycles. The van der Waals surface area contributed by atoms with Crippen molar-refractivity contribution in [2.45, 2.75) is 71.1 Å². The molecule has 2 aromatic heterocycles. The smallest absolute Gasteiger partial charge is 0.410 e. The third-order valence-electron chi connectivity index (χ3n) is 5.76. The molecule has 0 radical (unpaired) electrons. The molecule has 4 rings (SSSR count). The Bertz CT molecular complexity index is 856. The minimum Gasteiger partial charge on any atom is -0.444 e. The molecule has 2 aliphatic rings. The second-order valence-electron chi connectivity index (χ2n) is 9.22. The summed E-state index contributed by atoms with van der Waals surface area (Å²) >= 11 is 0. The Labute approximate surface area is 166 Å². The van der Waals surface area contributed by atoms with Crippen LogP contribution in [0.1, 0.15) is 63.8 Å². The van der Waals surface area contributed by atoms with E-state index in [9.17, 15) is 9.90 Å². The molecule has 0 aromatic carbocycles. The van der Waals surface area contributed by atoms with Gasteiger partial charge in [0.05, 0.1) is 17.8 Å². The number of ether oxygens (including phenoxy) is 1. The second-order valence-corrected chi connectivity index (χ2v) is 9.22. The first kappa shape index (κ1) is 19.2. The largest absolute Gasteiger partial charge is 0.444 e. The molecule has 6 heteroatoms. The van der Waals surface area contributed by atoms with Gasteiger partial charge in [0.1, 0.15) is 5.60 Å². The van der Waals surface area contributed by atoms with Crippen molar-refractivity contribution in [1.29, 1.82) is 0 Å². The number of nitrogens with zero attached hydrogens (tertiary/aromatic N) is 3. The van der Waals surface area contributed by atoms with Crippen LogP contribution in [-0.2, 0) is 17.9 Å². The molecule has 0 unspecified atom stereocenters. The summed E-state index contributed by atoms with van der Waals surface area (Å²) in [6.45, 7) is 8.09. The third kappa shape index (κ3) is 4.02. The fourth-order valence-electron chi connectivity index (χ4n) is 4.16. The zero-order chi connectivity index (χ0) is 19.9.